The van der Waals surface area contributed by atoms with Gasteiger partial charge in [-0.2, -0.15) is 0 Å². The van der Waals surface area contributed by atoms with Gasteiger partial charge in [-0.15, -0.1) is 0 Å². The second-order valence-electron chi connectivity index (χ2n) is 3.82. The highest BCUT2D eigenvalue weighted by Crippen LogP contribution is 2.50. The summed E-state index contributed by atoms with van der Waals surface area (Å²) in [5, 5.41) is 0. The lowest BCUT2D eigenvalue weighted by molar-refractivity contribution is 0.145. The van der Waals surface area contributed by atoms with Crippen LogP contribution in [0, 0.1) is 0 Å². The van der Waals surface area contributed by atoms with Crippen molar-refractivity contribution in [2.45, 2.75) is 19.4 Å². The normalized spacial score (nSPS) is 28.2. The topological polar surface area (TPSA) is 35.5 Å². The average molecular weight is 242 g/mol. The van der Waals surface area contributed by atoms with E-state index in [9.17, 15) is 4.57 Å². The molecule has 1 aromatic carbocycles. The smallest absolute Gasteiger partial charge is 0.228 e. The van der Waals surface area contributed by atoms with Crippen LogP contribution in [0.3, 0.4) is 0 Å². The Hall–Kier alpha value is -0.630. The van der Waals surface area contributed by atoms with Gasteiger partial charge in [-0.1, -0.05) is 30.3 Å². The maximum Gasteiger partial charge on any atom is 0.228 e. The molecule has 0 radical (unpaired) electrons. The second-order valence-corrected chi connectivity index (χ2v) is 6.41. The van der Waals surface area contributed by atoms with E-state index in [1.807, 2.05) is 6.07 Å². The van der Waals surface area contributed by atoms with E-state index in [1.54, 1.807) is 24.3 Å². The van der Waals surface area contributed by atoms with Crippen LogP contribution in [0.5, 0.6) is 0 Å². The monoisotopic (exact) mass is 242 g/mol. The first kappa shape index (κ1) is 9.41. The van der Waals surface area contributed by atoms with Gasteiger partial charge >= 0.3 is 0 Å². The van der Waals surface area contributed by atoms with Crippen LogP contribution in [0.15, 0.2) is 30.3 Å². The summed E-state index contributed by atoms with van der Waals surface area (Å²) in [6.45, 7) is -1.45. The number of benzene rings is 1. The molecule has 1 aliphatic rings. The molecule has 1 atom stereocenters. The van der Waals surface area contributed by atoms with E-state index in [1.165, 1.54) is 0 Å². The molecule has 1 saturated heterocycles. The standard InChI is InChI=1S/C12H17O3P/c13-16(9-5-4-8-15-16)11-14-10-12-6-2-1-3-7-12/h1-3,6-7H,4-5,8-11H2/i10D2. The third kappa shape index (κ3) is 3.44. The van der Waals surface area contributed by atoms with Crippen molar-refractivity contribution in [1.82, 2.24) is 0 Å². The van der Waals surface area contributed by atoms with Crippen LogP contribution in [0.2, 0.25) is 0 Å². The van der Waals surface area contributed by atoms with E-state index >= 15 is 0 Å². The quantitative estimate of drug-likeness (QED) is 0.760. The molecule has 88 valence electrons. The Morgan fingerprint density at radius 3 is 2.88 bits per heavy atom. The first-order valence-electron chi connectivity index (χ1n) is 6.44. The molecule has 16 heavy (non-hydrogen) atoms. The van der Waals surface area contributed by atoms with E-state index in [0.717, 1.165) is 12.8 Å². The van der Waals surface area contributed by atoms with E-state index in [-0.39, 0.29) is 6.35 Å². The zero-order chi connectivity index (χ0) is 13.1. The third-order valence-corrected chi connectivity index (χ3v) is 4.62. The summed E-state index contributed by atoms with van der Waals surface area (Å²) in [6.07, 6.45) is 2.09. The number of hydrogen-bond donors (Lipinski definition) is 0. The number of rotatable bonds is 4. The molecule has 1 aromatic rings. The number of hydrogen-bond acceptors (Lipinski definition) is 3. The molecule has 0 spiro atoms. The molecular formula is C12H17O3P. The molecule has 2 rings (SSSR count). The third-order valence-electron chi connectivity index (χ3n) is 2.44. The van der Waals surface area contributed by atoms with Crippen molar-refractivity contribution in [2.24, 2.45) is 0 Å². The van der Waals surface area contributed by atoms with Crippen LogP contribution in [-0.4, -0.2) is 19.1 Å². The Kier molecular flexibility index (Phi) is 3.31. The Bertz CT molecular complexity index is 426. The second kappa shape index (κ2) is 5.62. The van der Waals surface area contributed by atoms with E-state index in [4.69, 9.17) is 12.0 Å². The van der Waals surface area contributed by atoms with Crippen LogP contribution in [0.4, 0.5) is 0 Å². The SMILES string of the molecule is [2H]C([2H])(OCP1(=O)CCCCO1)c1ccccc1. The minimum atomic E-state index is -2.79. The fraction of sp³-hybridized carbons (Fsp3) is 0.500. The van der Waals surface area contributed by atoms with Crippen molar-refractivity contribution in [3.8, 4) is 0 Å². The van der Waals surface area contributed by atoms with E-state index < -0.39 is 13.9 Å². The first-order chi connectivity index (χ1) is 8.52. The predicted octanol–water partition coefficient (Wildman–Crippen LogP) is 3.25. The Morgan fingerprint density at radius 1 is 1.38 bits per heavy atom. The summed E-state index contributed by atoms with van der Waals surface area (Å²) in [5.74, 6) is 0. The lowest BCUT2D eigenvalue weighted by Crippen LogP contribution is -2.10. The van der Waals surface area contributed by atoms with Gasteiger partial charge in [0, 0.05) is 6.16 Å². The average Bonchev–Trinajstić information content (AvgIpc) is 2.39. The Balaban J connectivity index is 1.98. The molecule has 1 aliphatic heterocycles. The highest BCUT2D eigenvalue weighted by molar-refractivity contribution is 7.58. The maximum absolute atomic E-state index is 12.2. The molecular weight excluding hydrogens is 223 g/mol. The summed E-state index contributed by atoms with van der Waals surface area (Å²) in [4.78, 5) is 0. The van der Waals surface area contributed by atoms with Crippen molar-refractivity contribution in [2.75, 3.05) is 19.1 Å². The molecule has 0 aliphatic carbocycles. The van der Waals surface area contributed by atoms with Gasteiger partial charge in [0.25, 0.3) is 0 Å². The highest BCUT2D eigenvalue weighted by atomic mass is 31.2. The van der Waals surface area contributed by atoms with Crippen molar-refractivity contribution in [1.29, 1.82) is 0 Å². The molecule has 1 unspecified atom stereocenters. The van der Waals surface area contributed by atoms with Gasteiger partial charge in [0.05, 0.1) is 15.9 Å². The van der Waals surface area contributed by atoms with Crippen LogP contribution >= 0.6 is 7.37 Å². The fourth-order valence-corrected chi connectivity index (χ4v) is 3.33. The Morgan fingerprint density at radius 2 is 2.19 bits per heavy atom. The predicted molar refractivity (Wildman–Crippen MR) is 63.8 cm³/mol. The number of ether oxygens (including phenoxy) is 1. The summed E-state index contributed by atoms with van der Waals surface area (Å²) >= 11 is 0. The van der Waals surface area contributed by atoms with Crippen LogP contribution in [-0.2, 0) is 20.4 Å². The first-order valence-corrected chi connectivity index (χ1v) is 7.43. The van der Waals surface area contributed by atoms with Crippen molar-refractivity contribution >= 4 is 7.37 Å². The van der Waals surface area contributed by atoms with Crippen LogP contribution in [0.25, 0.3) is 0 Å². The van der Waals surface area contributed by atoms with Gasteiger partial charge in [0.2, 0.25) is 7.37 Å². The summed E-state index contributed by atoms with van der Waals surface area (Å²) in [6, 6.07) is 8.60. The zero-order valence-electron chi connectivity index (χ0n) is 11.1. The molecule has 3 nitrogen and oxygen atoms in total. The zero-order valence-corrected chi connectivity index (χ0v) is 9.99. The molecule has 0 bridgehead atoms. The summed E-state index contributed by atoms with van der Waals surface area (Å²) in [5.41, 5.74) is 0.425. The molecule has 0 N–H and O–H groups in total. The minimum Gasteiger partial charge on any atom is -0.367 e. The molecule has 4 heteroatoms. The van der Waals surface area contributed by atoms with Crippen LogP contribution in [0.1, 0.15) is 21.1 Å². The molecule has 0 saturated carbocycles. The molecule has 0 aromatic heterocycles. The van der Waals surface area contributed by atoms with Gasteiger partial charge in [-0.3, -0.25) is 4.57 Å². The van der Waals surface area contributed by atoms with Gasteiger partial charge < -0.3 is 9.26 Å². The summed E-state index contributed by atoms with van der Waals surface area (Å²) < 4.78 is 38.3. The van der Waals surface area contributed by atoms with Crippen molar-refractivity contribution < 1.29 is 16.6 Å². The van der Waals surface area contributed by atoms with Gasteiger partial charge in [0.15, 0.2) is 0 Å². The lowest BCUT2D eigenvalue weighted by Gasteiger charge is -2.22. The van der Waals surface area contributed by atoms with E-state index in [0.29, 0.717) is 18.3 Å². The Labute approximate surface area is 99.0 Å². The van der Waals surface area contributed by atoms with Crippen LogP contribution < -0.4 is 0 Å². The lowest BCUT2D eigenvalue weighted by atomic mass is 10.2. The minimum absolute atomic E-state index is 0.158. The van der Waals surface area contributed by atoms with Crippen molar-refractivity contribution in [3.63, 3.8) is 0 Å². The molecule has 1 fully saturated rings. The molecule has 0 amide bonds. The largest absolute Gasteiger partial charge is 0.367 e. The maximum atomic E-state index is 12.2. The van der Waals surface area contributed by atoms with Gasteiger partial charge in [-0.05, 0) is 18.4 Å². The van der Waals surface area contributed by atoms with E-state index in [2.05, 4.69) is 0 Å². The summed E-state index contributed by atoms with van der Waals surface area (Å²) in [7, 11) is -2.79. The van der Waals surface area contributed by atoms with Crippen molar-refractivity contribution in [3.05, 3.63) is 35.9 Å². The van der Waals surface area contributed by atoms with Gasteiger partial charge in [-0.25, -0.2) is 0 Å². The van der Waals surface area contributed by atoms with Gasteiger partial charge in [0.1, 0.15) is 6.35 Å². The molecule has 1 heterocycles. The highest BCUT2D eigenvalue weighted by Gasteiger charge is 2.26. The fourth-order valence-electron chi connectivity index (χ4n) is 1.57.